The highest BCUT2D eigenvalue weighted by molar-refractivity contribution is 5.85. The molecule has 1 saturated carbocycles. The number of hydrogen-bond acceptors (Lipinski definition) is 4. The molecule has 2 heterocycles. The molecular weight excluding hydrogens is 218 g/mol. The fraction of sp³-hybridized carbons (Fsp3) is 0.917. The first-order valence-corrected chi connectivity index (χ1v) is 6.54. The molecule has 1 aliphatic carbocycles. The summed E-state index contributed by atoms with van der Waals surface area (Å²) >= 11 is 0. The number of likely N-dealkylation sites (tertiary alicyclic amines) is 1. The summed E-state index contributed by atoms with van der Waals surface area (Å²) in [7, 11) is 0. The summed E-state index contributed by atoms with van der Waals surface area (Å²) in [5.41, 5.74) is 10.9. The number of nitrogens with two attached hydrogens (primary N) is 2. The van der Waals surface area contributed by atoms with Gasteiger partial charge in [0.05, 0.1) is 12.2 Å². The third-order valence-electron chi connectivity index (χ3n) is 4.37. The standard InChI is InChI=1S/C12H21N3O2/c13-11(16)12(14,8-1-2-8)7-15-5-9-3-4-10(6-15)17-9/h8-10H,1-7,14H2,(H2,13,16). The molecule has 17 heavy (non-hydrogen) atoms. The van der Waals surface area contributed by atoms with Crippen molar-refractivity contribution < 1.29 is 9.53 Å². The largest absolute Gasteiger partial charge is 0.372 e. The summed E-state index contributed by atoms with van der Waals surface area (Å²) in [6.45, 7) is 2.40. The van der Waals surface area contributed by atoms with Crippen LogP contribution in [0.4, 0.5) is 0 Å². The number of nitrogens with zero attached hydrogens (tertiary/aromatic N) is 1. The van der Waals surface area contributed by atoms with Gasteiger partial charge in [0.15, 0.2) is 0 Å². The maximum absolute atomic E-state index is 11.6. The normalized spacial score (nSPS) is 36.8. The molecule has 3 rings (SSSR count). The second kappa shape index (κ2) is 3.93. The van der Waals surface area contributed by atoms with Gasteiger partial charge in [-0.3, -0.25) is 9.69 Å². The van der Waals surface area contributed by atoms with Crippen molar-refractivity contribution in [1.82, 2.24) is 4.90 Å². The van der Waals surface area contributed by atoms with Crippen molar-refractivity contribution in [3.63, 3.8) is 0 Å². The van der Waals surface area contributed by atoms with Gasteiger partial charge in [-0.1, -0.05) is 0 Å². The van der Waals surface area contributed by atoms with E-state index in [1.54, 1.807) is 0 Å². The van der Waals surface area contributed by atoms with E-state index in [0.717, 1.165) is 38.8 Å². The van der Waals surface area contributed by atoms with Crippen molar-refractivity contribution in [1.29, 1.82) is 0 Å². The van der Waals surface area contributed by atoms with E-state index in [0.29, 0.717) is 24.7 Å². The molecule has 2 aliphatic heterocycles. The summed E-state index contributed by atoms with van der Waals surface area (Å²) < 4.78 is 5.78. The van der Waals surface area contributed by atoms with Gasteiger partial charge in [-0.15, -0.1) is 0 Å². The molecule has 5 heteroatoms. The molecule has 3 aliphatic rings. The third-order valence-corrected chi connectivity index (χ3v) is 4.37. The first kappa shape index (κ1) is 11.4. The van der Waals surface area contributed by atoms with Crippen LogP contribution < -0.4 is 11.5 Å². The zero-order valence-corrected chi connectivity index (χ0v) is 10.1. The van der Waals surface area contributed by atoms with E-state index in [1.165, 1.54) is 0 Å². The molecule has 4 N–H and O–H groups in total. The quantitative estimate of drug-likeness (QED) is 0.689. The third kappa shape index (κ3) is 2.07. The van der Waals surface area contributed by atoms with Crippen LogP contribution in [0.15, 0.2) is 0 Å². The number of carbonyl (C=O) groups excluding carboxylic acids is 1. The molecule has 0 aromatic heterocycles. The van der Waals surface area contributed by atoms with Gasteiger partial charge in [0.25, 0.3) is 0 Å². The van der Waals surface area contributed by atoms with Gasteiger partial charge in [0, 0.05) is 19.6 Å². The highest BCUT2D eigenvalue weighted by Gasteiger charge is 2.49. The van der Waals surface area contributed by atoms with Gasteiger partial charge in [-0.25, -0.2) is 0 Å². The number of rotatable bonds is 4. The molecule has 1 amide bonds. The maximum atomic E-state index is 11.6. The number of ether oxygens (including phenoxy) is 1. The average molecular weight is 239 g/mol. The lowest BCUT2D eigenvalue weighted by Gasteiger charge is -2.37. The maximum Gasteiger partial charge on any atom is 0.239 e. The fourth-order valence-electron chi connectivity index (χ4n) is 3.20. The number of fused-ring (bicyclic) bond motifs is 2. The topological polar surface area (TPSA) is 81.6 Å². The molecule has 3 atom stereocenters. The minimum Gasteiger partial charge on any atom is -0.372 e. The van der Waals surface area contributed by atoms with E-state index >= 15 is 0 Å². The van der Waals surface area contributed by atoms with Crippen LogP contribution in [0.25, 0.3) is 0 Å². The van der Waals surface area contributed by atoms with E-state index in [9.17, 15) is 4.79 Å². The molecule has 3 unspecified atom stereocenters. The lowest BCUT2D eigenvalue weighted by atomic mass is 9.92. The van der Waals surface area contributed by atoms with Crippen molar-refractivity contribution in [3.05, 3.63) is 0 Å². The minimum atomic E-state index is -0.823. The Bertz CT molecular complexity index is 320. The predicted molar refractivity (Wildman–Crippen MR) is 63.2 cm³/mol. The van der Waals surface area contributed by atoms with Crippen molar-refractivity contribution in [3.8, 4) is 0 Å². The van der Waals surface area contributed by atoms with Gasteiger partial charge in [0.1, 0.15) is 5.54 Å². The van der Waals surface area contributed by atoms with Gasteiger partial charge in [-0.2, -0.15) is 0 Å². The van der Waals surface area contributed by atoms with Crippen molar-refractivity contribution in [2.24, 2.45) is 17.4 Å². The van der Waals surface area contributed by atoms with E-state index in [-0.39, 0.29) is 5.91 Å². The molecule has 0 aromatic rings. The zero-order valence-electron chi connectivity index (χ0n) is 10.1. The van der Waals surface area contributed by atoms with Gasteiger partial charge in [0.2, 0.25) is 5.91 Å². The van der Waals surface area contributed by atoms with Crippen molar-refractivity contribution in [2.75, 3.05) is 19.6 Å². The van der Waals surface area contributed by atoms with Crippen LogP contribution in [-0.2, 0) is 9.53 Å². The number of primary amides is 1. The summed E-state index contributed by atoms with van der Waals surface area (Å²) in [5, 5.41) is 0. The molecule has 0 spiro atoms. The van der Waals surface area contributed by atoms with Crippen LogP contribution in [0.5, 0.6) is 0 Å². The first-order chi connectivity index (χ1) is 8.08. The highest BCUT2D eigenvalue weighted by Crippen LogP contribution is 2.39. The highest BCUT2D eigenvalue weighted by atomic mass is 16.5. The summed E-state index contributed by atoms with van der Waals surface area (Å²) in [6.07, 6.45) is 5.03. The molecule has 2 saturated heterocycles. The molecular formula is C12H21N3O2. The first-order valence-electron chi connectivity index (χ1n) is 6.54. The number of carbonyl (C=O) groups is 1. The van der Waals surface area contributed by atoms with Gasteiger partial charge < -0.3 is 16.2 Å². The van der Waals surface area contributed by atoms with Gasteiger partial charge >= 0.3 is 0 Å². The minimum absolute atomic E-state index is 0.292. The van der Waals surface area contributed by atoms with E-state index < -0.39 is 5.54 Å². The Morgan fingerprint density at radius 2 is 1.82 bits per heavy atom. The summed E-state index contributed by atoms with van der Waals surface area (Å²) in [6, 6.07) is 0. The van der Waals surface area contributed by atoms with E-state index in [1.807, 2.05) is 0 Å². The summed E-state index contributed by atoms with van der Waals surface area (Å²) in [4.78, 5) is 13.9. The van der Waals surface area contributed by atoms with E-state index in [2.05, 4.69) is 4.90 Å². The van der Waals surface area contributed by atoms with Crippen molar-refractivity contribution in [2.45, 2.75) is 43.4 Å². The Balaban J connectivity index is 1.67. The van der Waals surface area contributed by atoms with Crippen LogP contribution in [0.2, 0.25) is 0 Å². The monoisotopic (exact) mass is 239 g/mol. The van der Waals surface area contributed by atoms with Crippen LogP contribution in [-0.4, -0.2) is 48.2 Å². The second-order valence-electron chi connectivity index (χ2n) is 5.83. The smallest absolute Gasteiger partial charge is 0.239 e. The molecule has 0 radical (unpaired) electrons. The Morgan fingerprint density at radius 1 is 1.24 bits per heavy atom. The Labute approximate surface area is 101 Å². The number of morpholine rings is 1. The second-order valence-corrected chi connectivity index (χ2v) is 5.83. The molecule has 2 bridgehead atoms. The van der Waals surface area contributed by atoms with Crippen LogP contribution >= 0.6 is 0 Å². The molecule has 96 valence electrons. The van der Waals surface area contributed by atoms with Crippen LogP contribution in [0, 0.1) is 5.92 Å². The number of amides is 1. The molecule has 0 aromatic carbocycles. The van der Waals surface area contributed by atoms with Crippen LogP contribution in [0.1, 0.15) is 25.7 Å². The van der Waals surface area contributed by atoms with Crippen LogP contribution in [0.3, 0.4) is 0 Å². The SMILES string of the molecule is NC(=O)C(N)(CN1CC2CCC(C1)O2)C1CC1. The Hall–Kier alpha value is -0.650. The van der Waals surface area contributed by atoms with E-state index in [4.69, 9.17) is 16.2 Å². The molecule has 3 fully saturated rings. The summed E-state index contributed by atoms with van der Waals surface area (Å²) in [5.74, 6) is -0.0562. The van der Waals surface area contributed by atoms with Crippen molar-refractivity contribution >= 4 is 5.91 Å². The Morgan fingerprint density at radius 3 is 2.29 bits per heavy atom. The fourth-order valence-corrected chi connectivity index (χ4v) is 3.20. The Kier molecular flexibility index (Phi) is 2.65. The molecule has 5 nitrogen and oxygen atoms in total. The lowest BCUT2D eigenvalue weighted by molar-refractivity contribution is -0.126. The average Bonchev–Trinajstić information content (AvgIpc) is 3.06. The number of hydrogen-bond donors (Lipinski definition) is 2. The lowest BCUT2D eigenvalue weighted by Crippen LogP contribution is -2.62. The predicted octanol–water partition coefficient (Wildman–Crippen LogP) is -0.558. The van der Waals surface area contributed by atoms with Gasteiger partial charge in [-0.05, 0) is 31.6 Å². The zero-order chi connectivity index (χ0) is 12.0.